The summed E-state index contributed by atoms with van der Waals surface area (Å²) in [6, 6.07) is 7.76. The van der Waals surface area contributed by atoms with Gasteiger partial charge in [-0.15, -0.1) is 0 Å². The predicted molar refractivity (Wildman–Crippen MR) is 74.9 cm³/mol. The van der Waals surface area contributed by atoms with Crippen molar-refractivity contribution < 1.29 is 4.79 Å². The topological polar surface area (TPSA) is 32.3 Å². The first-order valence-electron chi connectivity index (χ1n) is 6.60. The molecular weight excluding hydrogens is 224 g/mol. The largest absolute Gasteiger partial charge is 0.384 e. The monoisotopic (exact) mass is 244 g/mol. The Bertz CT molecular complexity index is 440. The second-order valence-electron chi connectivity index (χ2n) is 4.48. The number of carbonyl (C=O) groups is 1. The van der Waals surface area contributed by atoms with E-state index in [1.807, 2.05) is 29.2 Å². The van der Waals surface area contributed by atoms with E-state index in [0.29, 0.717) is 0 Å². The molecule has 0 aromatic heterocycles. The number of benzene rings is 1. The van der Waals surface area contributed by atoms with Gasteiger partial charge >= 0.3 is 0 Å². The number of rotatable bonds is 4. The van der Waals surface area contributed by atoms with E-state index in [1.165, 1.54) is 0 Å². The first-order chi connectivity index (χ1) is 8.83. The maximum absolute atomic E-state index is 12.4. The number of hydrogen-bond acceptors (Lipinski definition) is 2. The van der Waals surface area contributed by atoms with E-state index in [-0.39, 0.29) is 5.91 Å². The minimum absolute atomic E-state index is 0.124. The molecule has 0 bridgehead atoms. The Morgan fingerprint density at radius 2 is 2.17 bits per heavy atom. The van der Waals surface area contributed by atoms with Crippen LogP contribution >= 0.6 is 0 Å². The highest BCUT2D eigenvalue weighted by Gasteiger charge is 2.18. The van der Waals surface area contributed by atoms with Crippen molar-refractivity contribution in [2.45, 2.75) is 19.8 Å². The number of amides is 1. The highest BCUT2D eigenvalue weighted by molar-refractivity contribution is 5.99. The molecule has 3 heteroatoms. The van der Waals surface area contributed by atoms with Crippen molar-refractivity contribution in [2.24, 2.45) is 0 Å². The lowest BCUT2D eigenvalue weighted by Crippen LogP contribution is -2.34. The smallest absolute Gasteiger partial charge is 0.256 e. The molecule has 0 atom stereocenters. The van der Waals surface area contributed by atoms with Gasteiger partial charge in [0.05, 0.1) is 5.56 Å². The molecule has 1 aliphatic heterocycles. The van der Waals surface area contributed by atoms with Gasteiger partial charge in [0, 0.05) is 25.3 Å². The number of carbonyl (C=O) groups excluding carboxylic acids is 1. The molecule has 0 unspecified atom stereocenters. The van der Waals surface area contributed by atoms with Crippen molar-refractivity contribution in [3.8, 4) is 0 Å². The third-order valence-corrected chi connectivity index (χ3v) is 3.07. The van der Waals surface area contributed by atoms with Crippen LogP contribution in [0, 0.1) is 0 Å². The van der Waals surface area contributed by atoms with Crippen LogP contribution in [-0.4, -0.2) is 30.4 Å². The third-order valence-electron chi connectivity index (χ3n) is 3.07. The Balaban J connectivity index is 2.15. The number of para-hydroxylation sites is 1. The molecule has 96 valence electrons. The molecule has 1 aliphatic rings. The molecule has 0 fully saturated rings. The summed E-state index contributed by atoms with van der Waals surface area (Å²) in [6.45, 7) is 4.55. The molecule has 1 aromatic carbocycles. The number of anilines is 1. The molecule has 18 heavy (non-hydrogen) atoms. The van der Waals surface area contributed by atoms with E-state index < -0.39 is 0 Å². The zero-order valence-corrected chi connectivity index (χ0v) is 10.9. The van der Waals surface area contributed by atoms with Crippen LogP contribution in [0.15, 0.2) is 36.4 Å². The van der Waals surface area contributed by atoms with Crippen molar-refractivity contribution in [1.29, 1.82) is 0 Å². The van der Waals surface area contributed by atoms with Gasteiger partial charge in [-0.1, -0.05) is 31.2 Å². The second kappa shape index (κ2) is 6.24. The van der Waals surface area contributed by atoms with Crippen LogP contribution in [0.1, 0.15) is 30.1 Å². The summed E-state index contributed by atoms with van der Waals surface area (Å²) in [6.07, 6.45) is 6.19. The summed E-state index contributed by atoms with van der Waals surface area (Å²) < 4.78 is 0. The summed E-state index contributed by atoms with van der Waals surface area (Å²) >= 11 is 0. The van der Waals surface area contributed by atoms with Gasteiger partial charge in [-0.25, -0.2) is 0 Å². The lowest BCUT2D eigenvalue weighted by atomic mass is 10.1. The van der Waals surface area contributed by atoms with Gasteiger partial charge in [0.1, 0.15) is 0 Å². The predicted octanol–water partition coefficient (Wildman–Crippen LogP) is 2.91. The maximum atomic E-state index is 12.4. The molecule has 1 heterocycles. The van der Waals surface area contributed by atoms with Crippen LogP contribution in [-0.2, 0) is 0 Å². The second-order valence-corrected chi connectivity index (χ2v) is 4.48. The Kier molecular flexibility index (Phi) is 4.40. The maximum Gasteiger partial charge on any atom is 0.256 e. The first-order valence-corrected chi connectivity index (χ1v) is 6.60. The van der Waals surface area contributed by atoms with E-state index in [2.05, 4.69) is 24.4 Å². The summed E-state index contributed by atoms with van der Waals surface area (Å²) in [4.78, 5) is 14.3. The van der Waals surface area contributed by atoms with Crippen molar-refractivity contribution in [2.75, 3.05) is 25.0 Å². The van der Waals surface area contributed by atoms with Crippen molar-refractivity contribution >= 4 is 11.6 Å². The lowest BCUT2D eigenvalue weighted by molar-refractivity contribution is 0.0772. The Morgan fingerprint density at radius 1 is 1.33 bits per heavy atom. The van der Waals surface area contributed by atoms with E-state index in [9.17, 15) is 4.79 Å². The van der Waals surface area contributed by atoms with E-state index in [1.54, 1.807) is 0 Å². The van der Waals surface area contributed by atoms with Crippen LogP contribution in [0.4, 0.5) is 5.69 Å². The van der Waals surface area contributed by atoms with Gasteiger partial charge in [0.15, 0.2) is 0 Å². The fourth-order valence-corrected chi connectivity index (χ4v) is 2.08. The number of hydrogen-bond donors (Lipinski definition) is 1. The zero-order valence-electron chi connectivity index (χ0n) is 10.9. The number of nitrogens with one attached hydrogen (secondary N) is 1. The molecule has 0 saturated carbocycles. The van der Waals surface area contributed by atoms with Crippen molar-refractivity contribution in [3.63, 3.8) is 0 Å². The molecule has 0 radical (unpaired) electrons. The molecule has 0 saturated heterocycles. The van der Waals surface area contributed by atoms with Gasteiger partial charge in [-0.2, -0.15) is 0 Å². The first kappa shape index (κ1) is 12.7. The van der Waals surface area contributed by atoms with Crippen LogP contribution in [0.2, 0.25) is 0 Å². The summed E-state index contributed by atoms with van der Waals surface area (Å²) in [5.41, 5.74) is 1.72. The molecule has 0 aliphatic carbocycles. The van der Waals surface area contributed by atoms with E-state index in [0.717, 1.165) is 43.7 Å². The van der Waals surface area contributed by atoms with Gasteiger partial charge in [-0.3, -0.25) is 4.79 Å². The van der Waals surface area contributed by atoms with Gasteiger partial charge in [-0.05, 0) is 25.0 Å². The molecular formula is C15H20N2O. The van der Waals surface area contributed by atoms with E-state index in [4.69, 9.17) is 0 Å². The summed E-state index contributed by atoms with van der Waals surface area (Å²) in [7, 11) is 0. The fraction of sp³-hybridized carbons (Fsp3) is 0.400. The van der Waals surface area contributed by atoms with Crippen molar-refractivity contribution in [1.82, 2.24) is 4.90 Å². The van der Waals surface area contributed by atoms with Gasteiger partial charge < -0.3 is 10.2 Å². The minimum atomic E-state index is 0.124. The van der Waals surface area contributed by atoms with Gasteiger partial charge in [0.25, 0.3) is 5.91 Å². The van der Waals surface area contributed by atoms with Gasteiger partial charge in [0.2, 0.25) is 0 Å². The fourth-order valence-electron chi connectivity index (χ4n) is 2.08. The molecule has 0 spiro atoms. The zero-order chi connectivity index (χ0) is 12.8. The molecule has 1 aromatic rings. The quantitative estimate of drug-likeness (QED) is 0.826. The number of nitrogens with zero attached hydrogens (tertiary/aromatic N) is 1. The van der Waals surface area contributed by atoms with Crippen LogP contribution in [0.3, 0.4) is 0 Å². The molecule has 1 N–H and O–H groups in total. The summed E-state index contributed by atoms with van der Waals surface area (Å²) in [5.74, 6) is 0.124. The third kappa shape index (κ3) is 2.92. The molecule has 2 rings (SSSR count). The van der Waals surface area contributed by atoms with Crippen LogP contribution in [0.5, 0.6) is 0 Å². The molecule has 1 amide bonds. The van der Waals surface area contributed by atoms with E-state index >= 15 is 0 Å². The highest BCUT2D eigenvalue weighted by atomic mass is 16.2. The average molecular weight is 244 g/mol. The Hall–Kier alpha value is -1.77. The summed E-state index contributed by atoms with van der Waals surface area (Å²) in [5, 5.41) is 3.32. The highest BCUT2D eigenvalue weighted by Crippen LogP contribution is 2.18. The lowest BCUT2D eigenvalue weighted by Gasteiger charge is -2.24. The van der Waals surface area contributed by atoms with Crippen molar-refractivity contribution in [3.05, 3.63) is 42.0 Å². The van der Waals surface area contributed by atoms with Crippen LogP contribution < -0.4 is 5.32 Å². The average Bonchev–Trinajstić information content (AvgIpc) is 2.45. The Labute approximate surface area is 108 Å². The molecule has 3 nitrogen and oxygen atoms in total. The minimum Gasteiger partial charge on any atom is -0.384 e. The standard InChI is InChI=1S/C15H20N2O/c1-2-10-16-14-9-5-4-8-13(14)15(18)17-11-6-3-7-12-17/h3-6,8-9,16H,2,7,10-12H2,1H3. The SMILES string of the molecule is CCCNc1ccccc1C(=O)N1CC=CCC1. The normalized spacial score (nSPS) is 14.6. The van der Waals surface area contributed by atoms with Crippen LogP contribution in [0.25, 0.3) is 0 Å². The Morgan fingerprint density at radius 3 is 2.89 bits per heavy atom.